The molecule has 6 rings (SSSR count). The summed E-state index contributed by atoms with van der Waals surface area (Å²) >= 11 is 0. The van der Waals surface area contributed by atoms with Gasteiger partial charge in [-0.3, -0.25) is 19.1 Å². The van der Waals surface area contributed by atoms with E-state index in [-0.39, 0.29) is 37.8 Å². The summed E-state index contributed by atoms with van der Waals surface area (Å²) in [5.41, 5.74) is -3.87. The molecule has 1 saturated heterocycles. The number of nitrogens with one attached hydrogen (secondary N) is 3. The topological polar surface area (TPSA) is 201 Å². The standard InChI is InChI=1S/C43H59F2N5O11S/c1-25-11-9-10-12-27-22-43(27,38(53)49-62(55,56)41(5)15-16-41)48-35(51)32-21-29(60-36-30-14-13-28(58-8)20-31(30)33(23-46-36)59-18-17-57-7)24-50(32)37(52)34(26(2)19-25)47-39(54)61-40(3,4)42(6,44)45/h10,12-14,20,23,25-27,29,32,34H,9,11,15-19,21-22,24H2,1-8H3,(H,47,54)(H,48,51)(H,49,53)/b12-10-/t25-,26+,27+,29+,32-,34?,43+/m0/s1. The number of amides is 4. The van der Waals surface area contributed by atoms with Gasteiger partial charge in [0.15, 0.2) is 5.60 Å². The van der Waals surface area contributed by atoms with Crippen molar-refractivity contribution in [1.29, 1.82) is 0 Å². The van der Waals surface area contributed by atoms with Crippen LogP contribution in [-0.4, -0.2) is 116 Å². The predicted octanol–water partition coefficient (Wildman–Crippen LogP) is 5.03. The number of hydrogen-bond donors (Lipinski definition) is 3. The average Bonchev–Trinajstić information content (AvgIpc) is 4.08. The molecule has 1 aromatic carbocycles. The van der Waals surface area contributed by atoms with Gasteiger partial charge >= 0.3 is 6.09 Å². The zero-order chi connectivity index (χ0) is 45.4. The number of aromatic nitrogens is 1. The van der Waals surface area contributed by atoms with Crippen LogP contribution < -0.4 is 29.6 Å². The Morgan fingerprint density at radius 1 is 1.06 bits per heavy atom. The zero-order valence-corrected chi connectivity index (χ0v) is 37.4. The first-order valence-corrected chi connectivity index (χ1v) is 22.5. The molecule has 4 aliphatic rings. The maximum atomic E-state index is 14.9. The van der Waals surface area contributed by atoms with Gasteiger partial charge in [0.25, 0.3) is 11.8 Å². The highest BCUT2D eigenvalue weighted by Gasteiger charge is 2.63. The molecule has 3 N–H and O–H groups in total. The van der Waals surface area contributed by atoms with Crippen LogP contribution in [0.15, 0.2) is 36.5 Å². The SMILES string of the molecule is COCCOc1cnc(O[C@@H]2C[C@H]3C(=O)N[C@]4(C(=O)NS(=O)(=O)C5(C)CC5)C[C@H]4/C=C\CC[C@H](C)C[C@@H](C)C(NC(=O)OC(C)(C)C(C)(F)F)C(=O)N3C2)c2ccc(OC)cc12. The number of carbonyl (C=O) groups is 4. The summed E-state index contributed by atoms with van der Waals surface area (Å²) in [4.78, 5) is 62.7. The lowest BCUT2D eigenvalue weighted by atomic mass is 9.88. The van der Waals surface area contributed by atoms with Gasteiger partial charge in [-0.05, 0) is 89.3 Å². The number of halogens is 2. The van der Waals surface area contributed by atoms with E-state index in [0.717, 1.165) is 13.8 Å². The van der Waals surface area contributed by atoms with Crippen molar-refractivity contribution < 1.29 is 60.1 Å². The number of allylic oxidation sites excluding steroid dienone is 1. The Morgan fingerprint density at radius 2 is 1.79 bits per heavy atom. The third kappa shape index (κ3) is 9.87. The summed E-state index contributed by atoms with van der Waals surface area (Å²) < 4.78 is 84.8. The van der Waals surface area contributed by atoms with Crippen LogP contribution >= 0.6 is 0 Å². The molecule has 0 bridgehead atoms. The molecular formula is C43H59F2N5O11S. The van der Waals surface area contributed by atoms with Crippen LogP contribution in [-0.2, 0) is 33.9 Å². The first kappa shape index (κ1) is 46.7. The van der Waals surface area contributed by atoms with Crippen molar-refractivity contribution in [2.75, 3.05) is 34.0 Å². The van der Waals surface area contributed by atoms with Gasteiger partial charge in [0.05, 0.1) is 31.2 Å². The molecule has 4 amide bonds. The molecule has 1 aromatic heterocycles. The fraction of sp³-hybridized carbons (Fsp3) is 0.651. The lowest BCUT2D eigenvalue weighted by Gasteiger charge is -2.35. The third-order valence-corrected chi connectivity index (χ3v) is 14.9. The summed E-state index contributed by atoms with van der Waals surface area (Å²) in [5.74, 6) is -5.73. The molecule has 0 radical (unpaired) electrons. The minimum atomic E-state index is -4.08. The van der Waals surface area contributed by atoms with Gasteiger partial charge in [0.2, 0.25) is 27.7 Å². The maximum Gasteiger partial charge on any atom is 0.408 e. The number of sulfonamides is 1. The molecule has 3 fully saturated rings. The Bertz CT molecular complexity index is 2180. The molecule has 19 heteroatoms. The Balaban J connectivity index is 1.36. The Kier molecular flexibility index (Phi) is 13.4. The molecule has 2 saturated carbocycles. The van der Waals surface area contributed by atoms with Crippen molar-refractivity contribution in [3.8, 4) is 17.4 Å². The first-order chi connectivity index (χ1) is 29.0. The molecule has 16 nitrogen and oxygen atoms in total. The second-order valence-corrected chi connectivity index (χ2v) is 20.2. The zero-order valence-electron chi connectivity index (χ0n) is 36.5. The Morgan fingerprint density at radius 3 is 2.45 bits per heavy atom. The van der Waals surface area contributed by atoms with Gasteiger partial charge in [-0.25, -0.2) is 27.0 Å². The van der Waals surface area contributed by atoms with Crippen LogP contribution in [0.2, 0.25) is 0 Å². The van der Waals surface area contributed by atoms with Gasteiger partial charge < -0.3 is 39.2 Å². The minimum Gasteiger partial charge on any atom is -0.497 e. The van der Waals surface area contributed by atoms with Crippen molar-refractivity contribution >= 4 is 44.6 Å². The fourth-order valence-electron chi connectivity index (χ4n) is 7.97. The number of pyridine rings is 1. The number of methoxy groups -OCH3 is 2. The number of benzene rings is 1. The number of rotatable bonds is 13. The van der Waals surface area contributed by atoms with Crippen molar-refractivity contribution in [3.05, 3.63) is 36.5 Å². The smallest absolute Gasteiger partial charge is 0.408 e. The normalized spacial score (nSPS) is 28.3. The molecular weight excluding hydrogens is 833 g/mol. The third-order valence-electron chi connectivity index (χ3n) is 12.8. The molecule has 7 atom stereocenters. The van der Waals surface area contributed by atoms with E-state index in [0.29, 0.717) is 67.9 Å². The number of alkyl carbamates (subject to hydrolysis) is 1. The van der Waals surface area contributed by atoms with Crippen LogP contribution in [0.4, 0.5) is 13.6 Å². The van der Waals surface area contributed by atoms with Crippen LogP contribution in [0.3, 0.4) is 0 Å². The highest BCUT2D eigenvalue weighted by atomic mass is 32.2. The highest BCUT2D eigenvalue weighted by molar-refractivity contribution is 7.91. The molecule has 2 aromatic rings. The van der Waals surface area contributed by atoms with Crippen LogP contribution in [0.25, 0.3) is 10.8 Å². The summed E-state index contributed by atoms with van der Waals surface area (Å²) in [6, 6.07) is 2.57. The van der Waals surface area contributed by atoms with E-state index in [1.54, 1.807) is 39.2 Å². The average molecular weight is 892 g/mol. The number of hydrogen-bond acceptors (Lipinski definition) is 12. The molecule has 2 aliphatic carbocycles. The van der Waals surface area contributed by atoms with Gasteiger partial charge in [0, 0.05) is 37.1 Å². The van der Waals surface area contributed by atoms with E-state index in [9.17, 15) is 36.4 Å². The van der Waals surface area contributed by atoms with Crippen molar-refractivity contribution in [2.24, 2.45) is 17.8 Å². The highest BCUT2D eigenvalue weighted by Crippen LogP contribution is 2.48. The Labute approximate surface area is 361 Å². The number of carbonyl (C=O) groups excluding carboxylic acids is 4. The summed E-state index contributed by atoms with van der Waals surface area (Å²) in [6.45, 7) is 8.40. The number of ether oxygens (including phenoxy) is 5. The van der Waals surface area contributed by atoms with Gasteiger partial charge in [0.1, 0.15) is 41.8 Å². The van der Waals surface area contributed by atoms with Gasteiger partial charge in [-0.1, -0.05) is 26.0 Å². The summed E-state index contributed by atoms with van der Waals surface area (Å²) in [6.07, 6.45) is 5.50. The van der Waals surface area contributed by atoms with E-state index in [4.69, 9.17) is 23.7 Å². The lowest BCUT2D eigenvalue weighted by Crippen LogP contribution is -2.59. The van der Waals surface area contributed by atoms with Crippen LogP contribution in [0.5, 0.6) is 17.4 Å². The van der Waals surface area contributed by atoms with Gasteiger partial charge in [-0.2, -0.15) is 0 Å². The van der Waals surface area contributed by atoms with Crippen LogP contribution in [0.1, 0.15) is 86.5 Å². The fourth-order valence-corrected chi connectivity index (χ4v) is 9.29. The largest absolute Gasteiger partial charge is 0.497 e. The number of alkyl halides is 2. The quantitative estimate of drug-likeness (QED) is 0.179. The predicted molar refractivity (Wildman–Crippen MR) is 223 cm³/mol. The van der Waals surface area contributed by atoms with Crippen LogP contribution in [0, 0.1) is 17.8 Å². The van der Waals surface area contributed by atoms with E-state index in [2.05, 4.69) is 20.3 Å². The summed E-state index contributed by atoms with van der Waals surface area (Å²) in [5, 5.41) is 6.53. The maximum absolute atomic E-state index is 14.9. The molecule has 3 heterocycles. The van der Waals surface area contributed by atoms with Gasteiger partial charge in [-0.15, -0.1) is 0 Å². The molecule has 62 heavy (non-hydrogen) atoms. The molecule has 2 aliphatic heterocycles. The van der Waals surface area contributed by atoms with Crippen molar-refractivity contribution in [2.45, 2.75) is 126 Å². The second-order valence-electron chi connectivity index (χ2n) is 18.1. The van der Waals surface area contributed by atoms with E-state index >= 15 is 0 Å². The van der Waals surface area contributed by atoms with Crippen molar-refractivity contribution in [3.63, 3.8) is 0 Å². The molecule has 342 valence electrons. The number of nitrogens with zero attached hydrogens (tertiary/aromatic N) is 2. The summed E-state index contributed by atoms with van der Waals surface area (Å²) in [7, 11) is -1.00. The Hall–Kier alpha value is -4.78. The van der Waals surface area contributed by atoms with E-state index in [1.165, 1.54) is 18.2 Å². The molecule has 1 unspecified atom stereocenters. The van der Waals surface area contributed by atoms with E-state index < -0.39 is 85.7 Å². The second kappa shape index (κ2) is 17.8. The minimum absolute atomic E-state index is 0.00523. The number of fused-ring (bicyclic) bond motifs is 3. The lowest BCUT2D eigenvalue weighted by molar-refractivity contribution is -0.152. The monoisotopic (exact) mass is 891 g/mol. The first-order valence-electron chi connectivity index (χ1n) is 21.0. The van der Waals surface area contributed by atoms with E-state index in [1.807, 2.05) is 19.1 Å². The van der Waals surface area contributed by atoms with Crippen molar-refractivity contribution in [1.82, 2.24) is 25.2 Å². The molecule has 0 spiro atoms.